The second-order valence-electron chi connectivity index (χ2n) is 6.67. The molecule has 0 radical (unpaired) electrons. The van der Waals surface area contributed by atoms with Crippen LogP contribution in [0.25, 0.3) is 0 Å². The van der Waals surface area contributed by atoms with Crippen molar-refractivity contribution in [1.82, 2.24) is 5.32 Å². The molecule has 2 aliphatic carbocycles. The zero-order chi connectivity index (χ0) is 16.7. The van der Waals surface area contributed by atoms with Crippen LogP contribution in [0.5, 0.6) is 0 Å². The number of hydrogen-bond donors (Lipinski definition) is 2. The fourth-order valence-corrected chi connectivity index (χ4v) is 3.64. The molecule has 2 atom stereocenters. The number of alkyl halides is 3. The number of aliphatic hydroxyl groups is 1. The molecule has 0 aliphatic heterocycles. The molecule has 0 heterocycles. The van der Waals surface area contributed by atoms with Crippen LogP contribution in [0.1, 0.15) is 49.1 Å². The molecular formula is C17H20F3NO2. The van der Waals surface area contributed by atoms with Gasteiger partial charge in [-0.1, -0.05) is 31.0 Å². The monoisotopic (exact) mass is 327 g/mol. The highest BCUT2D eigenvalue weighted by molar-refractivity contribution is 5.83. The maximum Gasteiger partial charge on any atom is 0.416 e. The molecule has 2 saturated carbocycles. The lowest BCUT2D eigenvalue weighted by molar-refractivity contribution is -0.138. The van der Waals surface area contributed by atoms with Gasteiger partial charge in [0.1, 0.15) is 0 Å². The lowest BCUT2D eigenvalue weighted by Gasteiger charge is -2.28. The van der Waals surface area contributed by atoms with Gasteiger partial charge in [-0.15, -0.1) is 0 Å². The average molecular weight is 327 g/mol. The van der Waals surface area contributed by atoms with E-state index in [2.05, 4.69) is 5.32 Å². The molecule has 0 aromatic heterocycles. The largest absolute Gasteiger partial charge is 0.416 e. The Balaban J connectivity index is 1.71. The summed E-state index contributed by atoms with van der Waals surface area (Å²) >= 11 is 0. The Morgan fingerprint density at radius 3 is 2.52 bits per heavy atom. The van der Waals surface area contributed by atoms with Crippen molar-refractivity contribution in [2.24, 2.45) is 5.92 Å². The Bertz CT molecular complexity index is 594. The predicted molar refractivity (Wildman–Crippen MR) is 78.7 cm³/mol. The summed E-state index contributed by atoms with van der Waals surface area (Å²) in [6, 6.07) is 5.46. The minimum Gasteiger partial charge on any atom is -0.394 e. The van der Waals surface area contributed by atoms with Crippen LogP contribution in [0.4, 0.5) is 13.2 Å². The Labute approximate surface area is 132 Å². The first-order valence-corrected chi connectivity index (χ1v) is 7.95. The standard InChI is InChI=1S/C17H20F3NO2/c18-17(19,20)14-6-2-1-5-11(14)12-9-13(12)15(23)21-16(10-22)7-3-4-8-16/h1-2,5-6,12-13,22H,3-4,7-10H2,(H,21,23). The highest BCUT2D eigenvalue weighted by atomic mass is 19.4. The van der Waals surface area contributed by atoms with E-state index in [1.807, 2.05) is 0 Å². The number of amides is 1. The van der Waals surface area contributed by atoms with Crippen molar-refractivity contribution in [3.8, 4) is 0 Å². The van der Waals surface area contributed by atoms with Gasteiger partial charge in [-0.05, 0) is 36.8 Å². The Kier molecular flexibility index (Phi) is 4.12. The predicted octanol–water partition coefficient (Wildman–Crippen LogP) is 3.23. The second kappa shape index (κ2) is 5.82. The molecule has 23 heavy (non-hydrogen) atoms. The van der Waals surface area contributed by atoms with Gasteiger partial charge < -0.3 is 10.4 Å². The van der Waals surface area contributed by atoms with E-state index >= 15 is 0 Å². The molecule has 2 aliphatic rings. The maximum absolute atomic E-state index is 13.1. The Hall–Kier alpha value is -1.56. The molecular weight excluding hydrogens is 307 g/mol. The third-order valence-electron chi connectivity index (χ3n) is 5.04. The highest BCUT2D eigenvalue weighted by Crippen LogP contribution is 2.51. The van der Waals surface area contributed by atoms with Crippen LogP contribution >= 0.6 is 0 Å². The van der Waals surface area contributed by atoms with Gasteiger partial charge in [-0.3, -0.25) is 4.79 Å². The van der Waals surface area contributed by atoms with E-state index in [1.54, 1.807) is 6.07 Å². The van der Waals surface area contributed by atoms with Crippen LogP contribution in [0, 0.1) is 5.92 Å². The maximum atomic E-state index is 13.1. The lowest BCUT2D eigenvalue weighted by Crippen LogP contribution is -2.49. The van der Waals surface area contributed by atoms with Gasteiger partial charge in [-0.2, -0.15) is 13.2 Å². The third kappa shape index (κ3) is 3.22. The SMILES string of the molecule is O=C(NC1(CO)CCCC1)C1CC1c1ccccc1C(F)(F)F. The molecule has 3 rings (SSSR count). The molecule has 0 saturated heterocycles. The van der Waals surface area contributed by atoms with Crippen LogP contribution in [0.3, 0.4) is 0 Å². The number of aliphatic hydroxyl groups excluding tert-OH is 1. The van der Waals surface area contributed by atoms with Gasteiger partial charge >= 0.3 is 6.18 Å². The van der Waals surface area contributed by atoms with Crippen LogP contribution in [0.2, 0.25) is 0 Å². The Morgan fingerprint density at radius 2 is 1.91 bits per heavy atom. The number of carbonyl (C=O) groups excluding carboxylic acids is 1. The van der Waals surface area contributed by atoms with Crippen LogP contribution < -0.4 is 5.32 Å². The molecule has 126 valence electrons. The van der Waals surface area contributed by atoms with Gasteiger partial charge in [0, 0.05) is 5.92 Å². The minimum absolute atomic E-state index is 0.116. The van der Waals surface area contributed by atoms with Gasteiger partial charge in [-0.25, -0.2) is 0 Å². The molecule has 1 aromatic rings. The fourth-order valence-electron chi connectivity index (χ4n) is 3.64. The van der Waals surface area contributed by atoms with Gasteiger partial charge in [0.15, 0.2) is 0 Å². The number of hydrogen-bond acceptors (Lipinski definition) is 2. The highest BCUT2D eigenvalue weighted by Gasteiger charge is 2.49. The first-order valence-electron chi connectivity index (χ1n) is 7.95. The second-order valence-corrected chi connectivity index (χ2v) is 6.67. The van der Waals surface area contributed by atoms with Gasteiger partial charge in [0.25, 0.3) is 0 Å². The van der Waals surface area contributed by atoms with E-state index in [0.29, 0.717) is 6.42 Å². The van der Waals surface area contributed by atoms with Crippen molar-refractivity contribution in [3.63, 3.8) is 0 Å². The quantitative estimate of drug-likeness (QED) is 0.892. The smallest absolute Gasteiger partial charge is 0.394 e. The minimum atomic E-state index is -4.40. The van der Waals surface area contributed by atoms with Crippen molar-refractivity contribution in [2.75, 3.05) is 6.61 Å². The summed E-state index contributed by atoms with van der Waals surface area (Å²) in [4.78, 5) is 12.4. The molecule has 0 bridgehead atoms. The third-order valence-corrected chi connectivity index (χ3v) is 5.04. The summed E-state index contributed by atoms with van der Waals surface area (Å²) in [6.07, 6.45) is -0.617. The lowest BCUT2D eigenvalue weighted by atomic mass is 9.97. The van der Waals surface area contributed by atoms with Gasteiger partial charge in [0.2, 0.25) is 5.91 Å². The van der Waals surface area contributed by atoms with Crippen molar-refractivity contribution >= 4 is 5.91 Å². The molecule has 6 heteroatoms. The summed E-state index contributed by atoms with van der Waals surface area (Å²) in [5.41, 5.74) is -1.03. The Morgan fingerprint density at radius 1 is 1.26 bits per heavy atom. The van der Waals surface area contributed by atoms with Crippen molar-refractivity contribution in [2.45, 2.75) is 49.7 Å². The number of nitrogens with one attached hydrogen (secondary N) is 1. The van der Waals surface area contributed by atoms with Gasteiger partial charge in [0.05, 0.1) is 17.7 Å². The van der Waals surface area contributed by atoms with Crippen LogP contribution in [0.15, 0.2) is 24.3 Å². The van der Waals surface area contributed by atoms with Crippen molar-refractivity contribution in [3.05, 3.63) is 35.4 Å². The summed E-state index contributed by atoms with van der Waals surface area (Å²) in [6.45, 7) is -0.116. The van der Waals surface area contributed by atoms with Crippen LogP contribution in [-0.4, -0.2) is 23.2 Å². The number of halogens is 3. The number of carbonyl (C=O) groups is 1. The molecule has 2 unspecified atom stereocenters. The summed E-state index contributed by atoms with van der Waals surface area (Å²) in [5.74, 6) is -1.05. The molecule has 2 N–H and O–H groups in total. The molecule has 1 aromatic carbocycles. The van der Waals surface area contributed by atoms with Crippen molar-refractivity contribution < 1.29 is 23.1 Å². The number of benzene rings is 1. The van der Waals surface area contributed by atoms with E-state index in [1.165, 1.54) is 12.1 Å². The van der Waals surface area contributed by atoms with E-state index < -0.39 is 23.2 Å². The number of rotatable bonds is 4. The molecule has 2 fully saturated rings. The first-order chi connectivity index (χ1) is 10.9. The average Bonchev–Trinajstić information content (AvgIpc) is 3.19. The molecule has 0 spiro atoms. The van der Waals surface area contributed by atoms with E-state index in [4.69, 9.17) is 0 Å². The summed E-state index contributed by atoms with van der Waals surface area (Å²) < 4.78 is 39.2. The summed E-state index contributed by atoms with van der Waals surface area (Å²) in [7, 11) is 0. The zero-order valence-corrected chi connectivity index (χ0v) is 12.7. The van der Waals surface area contributed by atoms with E-state index in [0.717, 1.165) is 31.7 Å². The molecule has 3 nitrogen and oxygen atoms in total. The van der Waals surface area contributed by atoms with Crippen molar-refractivity contribution in [1.29, 1.82) is 0 Å². The zero-order valence-electron chi connectivity index (χ0n) is 12.7. The summed E-state index contributed by atoms with van der Waals surface area (Å²) in [5, 5.41) is 12.4. The van der Waals surface area contributed by atoms with Crippen LogP contribution in [-0.2, 0) is 11.0 Å². The first kappa shape index (κ1) is 16.3. The van der Waals surface area contributed by atoms with E-state index in [9.17, 15) is 23.1 Å². The normalized spacial score (nSPS) is 26.1. The molecule has 1 amide bonds. The topological polar surface area (TPSA) is 49.3 Å². The van der Waals surface area contributed by atoms with E-state index in [-0.39, 0.29) is 24.0 Å². The fraction of sp³-hybridized carbons (Fsp3) is 0.588.